The van der Waals surface area contributed by atoms with Gasteiger partial charge in [-0.15, -0.1) is 0 Å². The van der Waals surface area contributed by atoms with Crippen molar-refractivity contribution in [2.75, 3.05) is 11.5 Å². The Morgan fingerprint density at radius 2 is 2.08 bits per heavy atom. The summed E-state index contributed by atoms with van der Waals surface area (Å²) in [6, 6.07) is 9.86. The van der Waals surface area contributed by atoms with Gasteiger partial charge in [0.15, 0.2) is 15.6 Å². The highest BCUT2D eigenvalue weighted by atomic mass is 35.5. The molecule has 1 saturated heterocycles. The molecule has 0 saturated carbocycles. The van der Waals surface area contributed by atoms with Crippen LogP contribution in [0.1, 0.15) is 22.7 Å². The average Bonchev–Trinajstić information content (AvgIpc) is 3.13. The van der Waals surface area contributed by atoms with Gasteiger partial charge in [0.1, 0.15) is 18.1 Å². The molecular weight excluding hydrogens is 354 g/mol. The lowest BCUT2D eigenvalue weighted by molar-refractivity contribution is 0.0909. The van der Waals surface area contributed by atoms with Gasteiger partial charge in [0, 0.05) is 6.04 Å². The molecule has 6 nitrogen and oxygen atoms in total. The van der Waals surface area contributed by atoms with Crippen LogP contribution in [0.15, 0.2) is 40.8 Å². The number of hydrogen-bond donors (Lipinski definition) is 1. The van der Waals surface area contributed by atoms with Crippen molar-refractivity contribution in [2.45, 2.75) is 19.1 Å². The number of rotatable bonds is 5. The fraction of sp³-hybridized carbons (Fsp3) is 0.312. The van der Waals surface area contributed by atoms with Crippen LogP contribution in [0.3, 0.4) is 0 Å². The molecule has 1 aromatic carbocycles. The Hall–Kier alpha value is -1.99. The molecule has 3 rings (SSSR count). The van der Waals surface area contributed by atoms with Crippen LogP contribution in [-0.4, -0.2) is 31.9 Å². The van der Waals surface area contributed by atoms with Crippen LogP contribution >= 0.6 is 11.6 Å². The molecule has 0 unspecified atom stereocenters. The first kappa shape index (κ1) is 16.9. The lowest BCUT2D eigenvalue weighted by Crippen LogP contribution is -2.35. The summed E-state index contributed by atoms with van der Waals surface area (Å²) in [5, 5.41) is 3.16. The van der Waals surface area contributed by atoms with E-state index in [-0.39, 0.29) is 29.9 Å². The van der Waals surface area contributed by atoms with E-state index in [0.29, 0.717) is 23.0 Å². The molecule has 1 fully saturated rings. The molecule has 8 heteroatoms. The van der Waals surface area contributed by atoms with Crippen LogP contribution in [0.4, 0.5) is 0 Å². The number of ether oxygens (including phenoxy) is 1. The van der Waals surface area contributed by atoms with Gasteiger partial charge in [0.05, 0.1) is 16.5 Å². The van der Waals surface area contributed by atoms with Gasteiger partial charge in [-0.1, -0.05) is 23.7 Å². The highest BCUT2D eigenvalue weighted by molar-refractivity contribution is 7.91. The van der Waals surface area contributed by atoms with Crippen molar-refractivity contribution in [1.82, 2.24) is 5.32 Å². The quantitative estimate of drug-likeness (QED) is 0.874. The van der Waals surface area contributed by atoms with Gasteiger partial charge in [-0.3, -0.25) is 4.79 Å². The maximum absolute atomic E-state index is 12.1. The van der Waals surface area contributed by atoms with Crippen molar-refractivity contribution in [2.24, 2.45) is 0 Å². The first-order valence-electron chi connectivity index (χ1n) is 7.40. The van der Waals surface area contributed by atoms with E-state index in [1.54, 1.807) is 30.3 Å². The zero-order valence-corrected chi connectivity index (χ0v) is 14.3. The summed E-state index contributed by atoms with van der Waals surface area (Å²) in [5.74, 6) is 0.768. The van der Waals surface area contributed by atoms with Crippen molar-refractivity contribution < 1.29 is 22.4 Å². The number of nitrogens with one attached hydrogen (secondary N) is 1. The van der Waals surface area contributed by atoms with Gasteiger partial charge in [0.2, 0.25) is 0 Å². The summed E-state index contributed by atoms with van der Waals surface area (Å²) in [4.78, 5) is 12.1. The van der Waals surface area contributed by atoms with Gasteiger partial charge in [-0.05, 0) is 30.7 Å². The van der Waals surface area contributed by atoms with Gasteiger partial charge in [0.25, 0.3) is 5.91 Å². The number of benzene rings is 1. The molecule has 0 aliphatic carbocycles. The zero-order chi connectivity index (χ0) is 17.2. The number of hydrogen-bond acceptors (Lipinski definition) is 5. The first-order valence-corrected chi connectivity index (χ1v) is 9.60. The van der Waals surface area contributed by atoms with Gasteiger partial charge in [-0.2, -0.15) is 0 Å². The molecule has 0 spiro atoms. The number of amides is 1. The molecular formula is C16H16ClNO5S. The van der Waals surface area contributed by atoms with E-state index in [0.717, 1.165) is 0 Å². The van der Waals surface area contributed by atoms with E-state index in [9.17, 15) is 13.2 Å². The second kappa shape index (κ2) is 6.86. The number of furan rings is 1. The Labute approximate surface area is 144 Å². The molecule has 0 bridgehead atoms. The molecule has 1 N–H and O–H groups in total. The molecule has 24 heavy (non-hydrogen) atoms. The molecule has 1 amide bonds. The third-order valence-corrected chi connectivity index (χ3v) is 5.74. The van der Waals surface area contributed by atoms with Crippen LogP contribution < -0.4 is 10.1 Å². The largest absolute Gasteiger partial charge is 0.484 e. The predicted octanol–water partition coefficient (Wildman–Crippen LogP) is 2.43. The zero-order valence-electron chi connectivity index (χ0n) is 12.7. The van der Waals surface area contributed by atoms with Crippen LogP contribution in [-0.2, 0) is 16.4 Å². The van der Waals surface area contributed by atoms with Crippen LogP contribution in [0, 0.1) is 0 Å². The SMILES string of the molecule is O=C(N[C@H]1CCS(=O)(=O)C1)c1ccc(COc2ccccc2Cl)o1. The third-order valence-electron chi connectivity index (χ3n) is 3.66. The van der Waals surface area contributed by atoms with Crippen LogP contribution in [0.25, 0.3) is 0 Å². The van der Waals surface area contributed by atoms with Gasteiger partial charge >= 0.3 is 0 Å². The molecule has 1 aliphatic heterocycles. The minimum atomic E-state index is -3.04. The summed E-state index contributed by atoms with van der Waals surface area (Å²) in [7, 11) is -3.04. The van der Waals surface area contributed by atoms with Crippen molar-refractivity contribution in [1.29, 1.82) is 0 Å². The maximum atomic E-state index is 12.1. The first-order chi connectivity index (χ1) is 11.4. The van der Waals surface area contributed by atoms with E-state index < -0.39 is 15.7 Å². The van der Waals surface area contributed by atoms with E-state index in [1.165, 1.54) is 6.07 Å². The molecule has 128 valence electrons. The smallest absolute Gasteiger partial charge is 0.287 e. The fourth-order valence-corrected chi connectivity index (χ4v) is 4.32. The van der Waals surface area contributed by atoms with Crippen molar-refractivity contribution in [3.8, 4) is 5.75 Å². The summed E-state index contributed by atoms with van der Waals surface area (Å²) in [6.45, 7) is 0.134. The molecule has 1 aromatic heterocycles. The Morgan fingerprint density at radius 1 is 1.29 bits per heavy atom. The number of sulfone groups is 1. The second-order valence-electron chi connectivity index (χ2n) is 5.56. The molecule has 2 aromatic rings. The Morgan fingerprint density at radius 3 is 2.79 bits per heavy atom. The maximum Gasteiger partial charge on any atom is 0.287 e. The molecule has 0 radical (unpaired) electrons. The highest BCUT2D eigenvalue weighted by Crippen LogP contribution is 2.24. The Bertz CT molecular complexity index is 846. The topological polar surface area (TPSA) is 85.6 Å². The summed E-state index contributed by atoms with van der Waals surface area (Å²) in [6.07, 6.45) is 0.428. The Balaban J connectivity index is 1.57. The fourth-order valence-electron chi connectivity index (χ4n) is 2.45. The van der Waals surface area contributed by atoms with Crippen LogP contribution in [0.2, 0.25) is 5.02 Å². The normalized spacial score (nSPS) is 19.1. The predicted molar refractivity (Wildman–Crippen MR) is 89.0 cm³/mol. The Kier molecular flexibility index (Phi) is 4.82. The monoisotopic (exact) mass is 369 g/mol. The molecule has 2 heterocycles. The van der Waals surface area contributed by atoms with E-state index >= 15 is 0 Å². The molecule has 1 atom stereocenters. The minimum absolute atomic E-state index is 0.0259. The standard InChI is InChI=1S/C16H16ClNO5S/c17-13-3-1-2-4-14(13)22-9-12-5-6-15(23-12)16(19)18-11-7-8-24(20,21)10-11/h1-6,11H,7-10H2,(H,18,19)/t11-/m0/s1. The van der Waals surface area contributed by atoms with Crippen molar-refractivity contribution in [3.63, 3.8) is 0 Å². The highest BCUT2D eigenvalue weighted by Gasteiger charge is 2.29. The van der Waals surface area contributed by atoms with E-state index in [4.69, 9.17) is 20.8 Å². The number of carbonyl (C=O) groups excluding carboxylic acids is 1. The van der Waals surface area contributed by atoms with Gasteiger partial charge < -0.3 is 14.5 Å². The summed E-state index contributed by atoms with van der Waals surface area (Å²) >= 11 is 6.00. The van der Waals surface area contributed by atoms with E-state index in [1.807, 2.05) is 0 Å². The third kappa shape index (κ3) is 4.10. The average molecular weight is 370 g/mol. The van der Waals surface area contributed by atoms with Crippen molar-refractivity contribution >= 4 is 27.3 Å². The summed E-state index contributed by atoms with van der Waals surface area (Å²) in [5.41, 5.74) is 0. The summed E-state index contributed by atoms with van der Waals surface area (Å²) < 4.78 is 33.8. The van der Waals surface area contributed by atoms with Crippen molar-refractivity contribution in [3.05, 3.63) is 52.9 Å². The lowest BCUT2D eigenvalue weighted by Gasteiger charge is -2.09. The molecule has 1 aliphatic rings. The van der Waals surface area contributed by atoms with Gasteiger partial charge in [-0.25, -0.2) is 8.42 Å². The number of halogens is 1. The lowest BCUT2D eigenvalue weighted by atomic mass is 10.2. The van der Waals surface area contributed by atoms with E-state index in [2.05, 4.69) is 5.32 Å². The number of carbonyl (C=O) groups is 1. The number of para-hydroxylation sites is 1. The van der Waals surface area contributed by atoms with Crippen LogP contribution in [0.5, 0.6) is 5.75 Å². The minimum Gasteiger partial charge on any atom is -0.484 e. The second-order valence-corrected chi connectivity index (χ2v) is 8.19.